The summed E-state index contributed by atoms with van der Waals surface area (Å²) in [4.78, 5) is 2.70. The largest absolute Gasteiger partial charge is 0.327 e. The van der Waals surface area contributed by atoms with E-state index in [2.05, 4.69) is 25.7 Å². The summed E-state index contributed by atoms with van der Waals surface area (Å²) in [5, 5.41) is 0. The molecule has 0 aliphatic heterocycles. The van der Waals surface area contributed by atoms with Crippen LogP contribution in [0.25, 0.3) is 0 Å². The molecule has 0 aromatic carbocycles. The van der Waals surface area contributed by atoms with Crippen LogP contribution in [0.15, 0.2) is 0 Å². The van der Waals surface area contributed by atoms with Gasteiger partial charge in [-0.15, -0.1) is 0 Å². The van der Waals surface area contributed by atoms with E-state index in [1.54, 1.807) is 0 Å². The van der Waals surface area contributed by atoms with E-state index < -0.39 is 0 Å². The minimum atomic E-state index is 0.441. The Bertz CT molecular complexity index is 258. The molecule has 18 heavy (non-hydrogen) atoms. The smallest absolute Gasteiger partial charge is 0.00797 e. The third-order valence-electron chi connectivity index (χ3n) is 4.82. The third kappa shape index (κ3) is 4.24. The first kappa shape index (κ1) is 14.3. The maximum absolute atomic E-state index is 6.36. The second-order valence-corrected chi connectivity index (χ2v) is 7.53. The Morgan fingerprint density at radius 2 is 1.89 bits per heavy atom. The van der Waals surface area contributed by atoms with Crippen LogP contribution in [0.4, 0.5) is 0 Å². The zero-order chi connectivity index (χ0) is 13.2. The number of hydrogen-bond donors (Lipinski definition) is 1. The minimum Gasteiger partial charge on any atom is -0.327 e. The molecule has 2 fully saturated rings. The van der Waals surface area contributed by atoms with Gasteiger partial charge in [-0.05, 0) is 62.3 Å². The number of nitrogens with zero attached hydrogens (tertiary/aromatic N) is 1. The molecule has 2 N–H and O–H groups in total. The lowest BCUT2D eigenvalue weighted by atomic mass is 9.70. The first-order chi connectivity index (χ1) is 8.50. The predicted octanol–water partition coefficient (Wildman–Crippen LogP) is 3.26. The highest BCUT2D eigenvalue weighted by Crippen LogP contribution is 2.39. The molecule has 0 spiro atoms. The van der Waals surface area contributed by atoms with E-state index >= 15 is 0 Å². The van der Waals surface area contributed by atoms with Gasteiger partial charge < -0.3 is 10.6 Å². The molecule has 0 aromatic heterocycles. The molecule has 0 radical (unpaired) electrons. The first-order valence-corrected chi connectivity index (χ1v) is 7.98. The third-order valence-corrected chi connectivity index (χ3v) is 4.82. The summed E-state index contributed by atoms with van der Waals surface area (Å²) >= 11 is 0. The summed E-state index contributed by atoms with van der Waals surface area (Å²) in [6, 6.07) is 0.441. The van der Waals surface area contributed by atoms with Gasteiger partial charge in [-0.1, -0.05) is 20.8 Å². The second-order valence-electron chi connectivity index (χ2n) is 7.53. The van der Waals surface area contributed by atoms with Gasteiger partial charge in [0.25, 0.3) is 0 Å². The van der Waals surface area contributed by atoms with Gasteiger partial charge in [-0.3, -0.25) is 0 Å². The lowest BCUT2D eigenvalue weighted by Crippen LogP contribution is -2.45. The summed E-state index contributed by atoms with van der Waals surface area (Å²) in [7, 11) is 0. The van der Waals surface area contributed by atoms with Crippen LogP contribution in [0.3, 0.4) is 0 Å². The van der Waals surface area contributed by atoms with E-state index in [1.807, 2.05) is 0 Å². The molecule has 2 rings (SSSR count). The van der Waals surface area contributed by atoms with Gasteiger partial charge >= 0.3 is 0 Å². The van der Waals surface area contributed by atoms with Crippen LogP contribution in [0.5, 0.6) is 0 Å². The Hall–Kier alpha value is -0.0800. The lowest BCUT2D eigenvalue weighted by molar-refractivity contribution is 0.112. The molecule has 2 saturated carbocycles. The van der Waals surface area contributed by atoms with Gasteiger partial charge in [0.2, 0.25) is 0 Å². The lowest BCUT2D eigenvalue weighted by Gasteiger charge is -2.41. The molecule has 2 aliphatic rings. The SMILES string of the molecule is CCCN(CC1CC1)CC1CC(C)(C)CCC1N. The van der Waals surface area contributed by atoms with E-state index in [1.165, 1.54) is 58.2 Å². The maximum Gasteiger partial charge on any atom is 0.00797 e. The number of rotatable bonds is 6. The Morgan fingerprint density at radius 1 is 1.17 bits per heavy atom. The first-order valence-electron chi connectivity index (χ1n) is 7.98. The van der Waals surface area contributed by atoms with Gasteiger partial charge in [-0.25, -0.2) is 0 Å². The average molecular weight is 252 g/mol. The fourth-order valence-electron chi connectivity index (χ4n) is 3.53. The Balaban J connectivity index is 1.86. The van der Waals surface area contributed by atoms with Crippen molar-refractivity contribution in [1.29, 1.82) is 0 Å². The topological polar surface area (TPSA) is 29.3 Å². The van der Waals surface area contributed by atoms with Crippen molar-refractivity contribution in [2.45, 2.75) is 65.3 Å². The van der Waals surface area contributed by atoms with Crippen molar-refractivity contribution >= 4 is 0 Å². The van der Waals surface area contributed by atoms with E-state index in [4.69, 9.17) is 5.73 Å². The monoisotopic (exact) mass is 252 g/mol. The fourth-order valence-corrected chi connectivity index (χ4v) is 3.53. The summed E-state index contributed by atoms with van der Waals surface area (Å²) in [5.41, 5.74) is 6.88. The van der Waals surface area contributed by atoms with E-state index in [0.29, 0.717) is 11.5 Å². The van der Waals surface area contributed by atoms with E-state index in [9.17, 15) is 0 Å². The molecule has 0 amide bonds. The van der Waals surface area contributed by atoms with Crippen molar-refractivity contribution in [3.05, 3.63) is 0 Å². The van der Waals surface area contributed by atoms with Crippen molar-refractivity contribution in [3.8, 4) is 0 Å². The maximum atomic E-state index is 6.36. The summed E-state index contributed by atoms with van der Waals surface area (Å²) in [5.74, 6) is 1.73. The molecule has 2 nitrogen and oxygen atoms in total. The molecule has 0 aromatic rings. The summed E-state index contributed by atoms with van der Waals surface area (Å²) in [6.45, 7) is 11.0. The van der Waals surface area contributed by atoms with Gasteiger partial charge in [0.05, 0.1) is 0 Å². The molecule has 106 valence electrons. The molecular formula is C16H32N2. The summed E-state index contributed by atoms with van der Waals surface area (Å²) < 4.78 is 0. The number of hydrogen-bond acceptors (Lipinski definition) is 2. The Labute approximate surface area is 113 Å². The van der Waals surface area contributed by atoms with Crippen molar-refractivity contribution in [3.63, 3.8) is 0 Å². The van der Waals surface area contributed by atoms with Crippen LogP contribution in [-0.4, -0.2) is 30.6 Å². The Kier molecular flexibility index (Phi) is 4.71. The van der Waals surface area contributed by atoms with Gasteiger partial charge in [0, 0.05) is 19.1 Å². The van der Waals surface area contributed by atoms with Crippen LogP contribution in [0.2, 0.25) is 0 Å². The average Bonchev–Trinajstić information content (AvgIpc) is 3.07. The highest BCUT2D eigenvalue weighted by molar-refractivity contribution is 4.89. The zero-order valence-electron chi connectivity index (χ0n) is 12.6. The quantitative estimate of drug-likeness (QED) is 0.786. The zero-order valence-corrected chi connectivity index (χ0v) is 12.6. The fraction of sp³-hybridized carbons (Fsp3) is 1.00. The van der Waals surface area contributed by atoms with Gasteiger partial charge in [-0.2, -0.15) is 0 Å². The normalized spacial score (nSPS) is 31.8. The van der Waals surface area contributed by atoms with Crippen molar-refractivity contribution in [1.82, 2.24) is 4.90 Å². The minimum absolute atomic E-state index is 0.441. The van der Waals surface area contributed by atoms with Gasteiger partial charge in [0.1, 0.15) is 0 Å². The number of nitrogens with two attached hydrogens (primary N) is 1. The molecular weight excluding hydrogens is 220 g/mol. The second kappa shape index (κ2) is 5.92. The van der Waals surface area contributed by atoms with Crippen LogP contribution in [-0.2, 0) is 0 Å². The highest BCUT2D eigenvalue weighted by Gasteiger charge is 2.34. The van der Waals surface area contributed by atoms with Crippen molar-refractivity contribution in [2.24, 2.45) is 23.0 Å². The van der Waals surface area contributed by atoms with Crippen molar-refractivity contribution < 1.29 is 0 Å². The standard InChI is InChI=1S/C16H32N2/c1-4-9-18(11-13-5-6-13)12-14-10-16(2,3)8-7-15(14)17/h13-15H,4-12,17H2,1-3H3. The molecule has 0 heterocycles. The molecule has 2 heteroatoms. The van der Waals surface area contributed by atoms with Crippen molar-refractivity contribution in [2.75, 3.05) is 19.6 Å². The van der Waals surface area contributed by atoms with Crippen LogP contribution < -0.4 is 5.73 Å². The summed E-state index contributed by atoms with van der Waals surface area (Å²) in [6.07, 6.45) is 8.05. The highest BCUT2D eigenvalue weighted by atomic mass is 15.1. The predicted molar refractivity (Wildman–Crippen MR) is 78.6 cm³/mol. The molecule has 2 aliphatic carbocycles. The van der Waals surface area contributed by atoms with Crippen LogP contribution in [0, 0.1) is 17.3 Å². The molecule has 2 atom stereocenters. The molecule has 2 unspecified atom stereocenters. The van der Waals surface area contributed by atoms with E-state index in [-0.39, 0.29) is 0 Å². The van der Waals surface area contributed by atoms with Gasteiger partial charge in [0.15, 0.2) is 0 Å². The van der Waals surface area contributed by atoms with E-state index in [0.717, 1.165) is 11.8 Å². The van der Waals surface area contributed by atoms with Crippen LogP contribution in [0.1, 0.15) is 59.3 Å². The molecule has 0 saturated heterocycles. The Morgan fingerprint density at radius 3 is 2.50 bits per heavy atom. The molecule has 0 bridgehead atoms. The van der Waals surface area contributed by atoms with Crippen LogP contribution >= 0.6 is 0 Å².